The van der Waals surface area contributed by atoms with Crippen LogP contribution in [0.15, 0.2) is 36.8 Å². The number of hydrogen-bond donors (Lipinski definition) is 1. The molecule has 0 saturated carbocycles. The van der Waals surface area contributed by atoms with E-state index in [0.29, 0.717) is 18.1 Å². The van der Waals surface area contributed by atoms with Crippen molar-refractivity contribution in [2.75, 3.05) is 29.9 Å². The number of rotatable bonds is 3. The molecule has 1 N–H and O–H groups in total. The lowest BCUT2D eigenvalue weighted by molar-refractivity contribution is -0.0148. The van der Waals surface area contributed by atoms with Crippen molar-refractivity contribution in [3.05, 3.63) is 42.4 Å². The second-order valence-electron chi connectivity index (χ2n) is 6.62. The third kappa shape index (κ3) is 3.39. The highest BCUT2D eigenvalue weighted by Gasteiger charge is 2.43. The first kappa shape index (κ1) is 15.8. The lowest BCUT2D eigenvalue weighted by Crippen LogP contribution is -2.44. The number of anilines is 2. The standard InChI is InChI=1S/C18H20N6O/c19-11-14-2-3-16(22-12-14)24-8-4-18(5-9-24)10-15(13-25-18)23-17-20-6-1-7-21-17/h1-3,6-7,12,15H,4-5,8-10,13H2,(H,20,21,23)/t15-/m0/s1. The topological polar surface area (TPSA) is 87.0 Å². The van der Waals surface area contributed by atoms with Crippen molar-refractivity contribution in [1.29, 1.82) is 5.26 Å². The fraction of sp³-hybridized carbons (Fsp3) is 0.444. The van der Waals surface area contributed by atoms with Crippen LogP contribution in [0, 0.1) is 11.3 Å². The molecule has 1 atom stereocenters. The Labute approximate surface area is 146 Å². The van der Waals surface area contributed by atoms with Crippen molar-refractivity contribution in [2.45, 2.75) is 30.9 Å². The normalized spacial score (nSPS) is 21.9. The van der Waals surface area contributed by atoms with E-state index in [0.717, 1.165) is 38.2 Å². The molecule has 0 radical (unpaired) electrons. The number of hydrogen-bond acceptors (Lipinski definition) is 7. The van der Waals surface area contributed by atoms with Crippen molar-refractivity contribution in [1.82, 2.24) is 15.0 Å². The van der Waals surface area contributed by atoms with Crippen LogP contribution in [0.2, 0.25) is 0 Å². The van der Waals surface area contributed by atoms with Crippen molar-refractivity contribution in [3.8, 4) is 6.07 Å². The molecule has 4 heterocycles. The third-order valence-electron chi connectivity index (χ3n) is 4.98. The molecule has 2 saturated heterocycles. The second-order valence-corrected chi connectivity index (χ2v) is 6.62. The Morgan fingerprint density at radius 1 is 1.20 bits per heavy atom. The summed E-state index contributed by atoms with van der Waals surface area (Å²) < 4.78 is 6.18. The molecule has 0 amide bonds. The molecule has 0 aromatic carbocycles. The van der Waals surface area contributed by atoms with E-state index in [2.05, 4.69) is 31.2 Å². The molecule has 25 heavy (non-hydrogen) atoms. The van der Waals surface area contributed by atoms with Gasteiger partial charge in [-0.15, -0.1) is 0 Å². The van der Waals surface area contributed by atoms with E-state index in [1.807, 2.05) is 18.2 Å². The zero-order chi connectivity index (χ0) is 17.1. The molecule has 2 aromatic rings. The molecule has 2 fully saturated rings. The number of ether oxygens (including phenoxy) is 1. The zero-order valence-corrected chi connectivity index (χ0v) is 13.9. The number of pyridine rings is 1. The van der Waals surface area contributed by atoms with Crippen LogP contribution in [0.25, 0.3) is 0 Å². The average molecular weight is 336 g/mol. The first-order valence-electron chi connectivity index (χ1n) is 8.55. The molecule has 7 nitrogen and oxygen atoms in total. The Kier molecular flexibility index (Phi) is 4.20. The second kappa shape index (κ2) is 6.65. The molecule has 7 heteroatoms. The Balaban J connectivity index is 1.34. The molecular weight excluding hydrogens is 316 g/mol. The molecular formula is C18H20N6O. The van der Waals surface area contributed by atoms with Gasteiger partial charge >= 0.3 is 0 Å². The van der Waals surface area contributed by atoms with Crippen LogP contribution in [-0.4, -0.2) is 46.3 Å². The Morgan fingerprint density at radius 2 is 2.00 bits per heavy atom. The Morgan fingerprint density at radius 3 is 2.68 bits per heavy atom. The first-order chi connectivity index (χ1) is 12.3. The quantitative estimate of drug-likeness (QED) is 0.917. The van der Waals surface area contributed by atoms with Gasteiger partial charge in [0.05, 0.1) is 23.8 Å². The van der Waals surface area contributed by atoms with Crippen LogP contribution in [0.3, 0.4) is 0 Å². The number of piperidine rings is 1. The fourth-order valence-electron chi connectivity index (χ4n) is 3.62. The van der Waals surface area contributed by atoms with Gasteiger partial charge in [-0.3, -0.25) is 0 Å². The maximum atomic E-state index is 8.87. The summed E-state index contributed by atoms with van der Waals surface area (Å²) in [6.07, 6.45) is 8.03. The summed E-state index contributed by atoms with van der Waals surface area (Å²) in [5.74, 6) is 1.59. The highest BCUT2D eigenvalue weighted by Crippen LogP contribution is 2.37. The fourth-order valence-corrected chi connectivity index (χ4v) is 3.62. The predicted molar refractivity (Wildman–Crippen MR) is 93.1 cm³/mol. The Hall–Kier alpha value is -2.72. The van der Waals surface area contributed by atoms with Gasteiger partial charge in [0.15, 0.2) is 0 Å². The summed E-state index contributed by atoms with van der Waals surface area (Å²) in [5, 5.41) is 12.2. The van der Waals surface area contributed by atoms with E-state index >= 15 is 0 Å². The van der Waals surface area contributed by atoms with Crippen molar-refractivity contribution in [3.63, 3.8) is 0 Å². The van der Waals surface area contributed by atoms with Crippen LogP contribution < -0.4 is 10.2 Å². The third-order valence-corrected chi connectivity index (χ3v) is 4.98. The lowest BCUT2D eigenvalue weighted by Gasteiger charge is -2.39. The molecule has 0 bridgehead atoms. The van der Waals surface area contributed by atoms with Gasteiger partial charge in [0, 0.05) is 31.7 Å². The summed E-state index contributed by atoms with van der Waals surface area (Å²) in [6, 6.07) is 7.90. The highest BCUT2D eigenvalue weighted by molar-refractivity contribution is 5.42. The zero-order valence-electron chi connectivity index (χ0n) is 13.9. The SMILES string of the molecule is N#Cc1ccc(N2CCC3(CC2)C[C@H](Nc2ncccn2)CO3)nc1. The summed E-state index contributed by atoms with van der Waals surface area (Å²) in [6.45, 7) is 2.51. The van der Waals surface area contributed by atoms with Crippen LogP contribution >= 0.6 is 0 Å². The molecule has 2 aliphatic heterocycles. The summed E-state index contributed by atoms with van der Waals surface area (Å²) in [5.41, 5.74) is 0.531. The van der Waals surface area contributed by atoms with Gasteiger partial charge in [0.2, 0.25) is 5.95 Å². The largest absolute Gasteiger partial charge is 0.373 e. The smallest absolute Gasteiger partial charge is 0.222 e. The highest BCUT2D eigenvalue weighted by atomic mass is 16.5. The van der Waals surface area contributed by atoms with Crippen molar-refractivity contribution in [2.24, 2.45) is 0 Å². The monoisotopic (exact) mass is 336 g/mol. The van der Waals surface area contributed by atoms with Gasteiger partial charge < -0.3 is 15.0 Å². The van der Waals surface area contributed by atoms with E-state index in [1.54, 1.807) is 18.6 Å². The summed E-state index contributed by atoms with van der Waals surface area (Å²) in [4.78, 5) is 15.1. The summed E-state index contributed by atoms with van der Waals surface area (Å²) in [7, 11) is 0. The van der Waals surface area contributed by atoms with Gasteiger partial charge in [-0.2, -0.15) is 5.26 Å². The average Bonchev–Trinajstić information content (AvgIpc) is 3.05. The van der Waals surface area contributed by atoms with Gasteiger partial charge in [0.25, 0.3) is 0 Å². The maximum Gasteiger partial charge on any atom is 0.222 e. The first-order valence-corrected chi connectivity index (χ1v) is 8.55. The van der Waals surface area contributed by atoms with Crippen LogP contribution in [-0.2, 0) is 4.74 Å². The Bertz CT molecular complexity index is 749. The molecule has 4 rings (SSSR count). The van der Waals surface area contributed by atoms with Gasteiger partial charge in [-0.25, -0.2) is 15.0 Å². The van der Waals surface area contributed by atoms with Gasteiger partial charge in [-0.05, 0) is 37.5 Å². The van der Waals surface area contributed by atoms with Gasteiger partial charge in [-0.1, -0.05) is 0 Å². The van der Waals surface area contributed by atoms with Crippen molar-refractivity contribution >= 4 is 11.8 Å². The number of aromatic nitrogens is 3. The van der Waals surface area contributed by atoms with E-state index in [1.165, 1.54) is 0 Å². The molecule has 2 aromatic heterocycles. The number of nitriles is 1. The minimum absolute atomic E-state index is 0.0600. The van der Waals surface area contributed by atoms with E-state index in [-0.39, 0.29) is 11.6 Å². The van der Waals surface area contributed by atoms with E-state index < -0.39 is 0 Å². The number of nitrogens with zero attached hydrogens (tertiary/aromatic N) is 5. The number of nitrogens with one attached hydrogen (secondary N) is 1. The lowest BCUT2D eigenvalue weighted by atomic mass is 9.87. The molecule has 0 aliphatic carbocycles. The van der Waals surface area contributed by atoms with E-state index in [9.17, 15) is 0 Å². The van der Waals surface area contributed by atoms with Crippen LogP contribution in [0.4, 0.5) is 11.8 Å². The van der Waals surface area contributed by atoms with E-state index in [4.69, 9.17) is 10.00 Å². The molecule has 1 spiro atoms. The maximum absolute atomic E-state index is 8.87. The minimum Gasteiger partial charge on any atom is -0.373 e. The van der Waals surface area contributed by atoms with Gasteiger partial charge in [0.1, 0.15) is 11.9 Å². The van der Waals surface area contributed by atoms with Crippen molar-refractivity contribution < 1.29 is 4.74 Å². The molecule has 0 unspecified atom stereocenters. The molecule has 128 valence electrons. The summed E-state index contributed by atoms with van der Waals surface area (Å²) >= 11 is 0. The predicted octanol–water partition coefficient (Wildman–Crippen LogP) is 1.98. The van der Waals surface area contributed by atoms with Crippen LogP contribution in [0.1, 0.15) is 24.8 Å². The minimum atomic E-state index is -0.0600. The molecule has 2 aliphatic rings. The van der Waals surface area contributed by atoms with Crippen LogP contribution in [0.5, 0.6) is 0 Å².